The number of benzene rings is 1. The van der Waals surface area contributed by atoms with Crippen LogP contribution in [-0.4, -0.2) is 9.38 Å². The van der Waals surface area contributed by atoms with Gasteiger partial charge in [0.25, 0.3) is 0 Å². The zero-order valence-electron chi connectivity index (χ0n) is 10.3. The van der Waals surface area contributed by atoms with Crippen LogP contribution in [0.5, 0.6) is 0 Å². The Balaban J connectivity index is 1.79. The second-order valence-electron chi connectivity index (χ2n) is 4.36. The van der Waals surface area contributed by atoms with Crippen molar-refractivity contribution in [2.24, 2.45) is 0 Å². The van der Waals surface area contributed by atoms with Gasteiger partial charge in [0.2, 0.25) is 0 Å². The van der Waals surface area contributed by atoms with Crippen molar-refractivity contribution < 1.29 is 8.78 Å². The highest BCUT2D eigenvalue weighted by Gasteiger charge is 2.04. The Labute approximate surface area is 118 Å². The maximum Gasteiger partial charge on any atom is 0.137 e. The first-order chi connectivity index (χ1) is 9.60. The molecule has 0 aliphatic rings. The first-order valence-electron chi connectivity index (χ1n) is 5.93. The molecule has 0 spiro atoms. The minimum absolute atomic E-state index is 0.363. The van der Waals surface area contributed by atoms with E-state index in [1.165, 1.54) is 12.1 Å². The first kappa shape index (κ1) is 12.9. The van der Waals surface area contributed by atoms with Gasteiger partial charge in [0.15, 0.2) is 0 Å². The molecule has 0 aliphatic carbocycles. The number of hydrogen-bond donors (Lipinski definition) is 1. The van der Waals surface area contributed by atoms with Crippen molar-refractivity contribution in [3.05, 3.63) is 65.1 Å². The SMILES string of the molecule is Fc1cc(F)cc(NCc2cn3cc(Cl)ccc3n2)c1. The van der Waals surface area contributed by atoms with E-state index in [2.05, 4.69) is 10.3 Å². The van der Waals surface area contributed by atoms with Crippen molar-refractivity contribution in [3.63, 3.8) is 0 Å². The number of aromatic nitrogens is 2. The second-order valence-corrected chi connectivity index (χ2v) is 4.79. The van der Waals surface area contributed by atoms with Crippen molar-refractivity contribution in [2.45, 2.75) is 6.54 Å². The van der Waals surface area contributed by atoms with Gasteiger partial charge in [0.05, 0.1) is 17.3 Å². The highest BCUT2D eigenvalue weighted by atomic mass is 35.5. The van der Waals surface area contributed by atoms with Gasteiger partial charge in [-0.15, -0.1) is 0 Å². The van der Waals surface area contributed by atoms with Crippen molar-refractivity contribution in [3.8, 4) is 0 Å². The van der Waals surface area contributed by atoms with Gasteiger partial charge in [0.1, 0.15) is 17.3 Å². The molecular formula is C14H10ClF2N3. The molecule has 0 fully saturated rings. The molecule has 0 bridgehead atoms. The molecule has 6 heteroatoms. The summed E-state index contributed by atoms with van der Waals surface area (Å²) in [5.41, 5.74) is 1.88. The summed E-state index contributed by atoms with van der Waals surface area (Å²) in [6, 6.07) is 6.85. The van der Waals surface area contributed by atoms with Crippen LogP contribution in [0.1, 0.15) is 5.69 Å². The topological polar surface area (TPSA) is 29.3 Å². The Morgan fingerprint density at radius 1 is 1.10 bits per heavy atom. The molecule has 3 aromatic rings. The zero-order chi connectivity index (χ0) is 14.1. The number of hydrogen-bond acceptors (Lipinski definition) is 2. The molecule has 0 radical (unpaired) electrons. The Kier molecular flexibility index (Phi) is 3.28. The monoisotopic (exact) mass is 293 g/mol. The molecule has 20 heavy (non-hydrogen) atoms. The maximum atomic E-state index is 13.1. The van der Waals surface area contributed by atoms with Crippen LogP contribution in [0.4, 0.5) is 14.5 Å². The molecule has 0 saturated heterocycles. The lowest BCUT2D eigenvalue weighted by atomic mass is 10.3. The number of pyridine rings is 1. The van der Waals surface area contributed by atoms with Crippen LogP contribution >= 0.6 is 11.6 Å². The van der Waals surface area contributed by atoms with E-state index >= 15 is 0 Å². The fourth-order valence-electron chi connectivity index (χ4n) is 1.95. The van der Waals surface area contributed by atoms with Gasteiger partial charge in [-0.2, -0.15) is 0 Å². The zero-order valence-corrected chi connectivity index (χ0v) is 11.0. The molecule has 3 nitrogen and oxygen atoms in total. The van der Waals surface area contributed by atoms with Crippen LogP contribution in [-0.2, 0) is 6.54 Å². The molecular weight excluding hydrogens is 284 g/mol. The molecule has 2 aromatic heterocycles. The van der Waals surface area contributed by atoms with Gasteiger partial charge in [-0.05, 0) is 24.3 Å². The summed E-state index contributed by atoms with van der Waals surface area (Å²) in [5.74, 6) is -1.23. The third-order valence-electron chi connectivity index (χ3n) is 2.80. The summed E-state index contributed by atoms with van der Waals surface area (Å²) in [4.78, 5) is 4.37. The van der Waals surface area contributed by atoms with Gasteiger partial charge in [-0.3, -0.25) is 0 Å². The minimum atomic E-state index is -0.616. The summed E-state index contributed by atoms with van der Waals surface area (Å²) in [7, 11) is 0. The van der Waals surface area contributed by atoms with E-state index in [1.807, 2.05) is 6.20 Å². The van der Waals surface area contributed by atoms with Gasteiger partial charge < -0.3 is 9.72 Å². The number of halogens is 3. The summed E-state index contributed by atoms with van der Waals surface area (Å²) in [6.45, 7) is 0.363. The van der Waals surface area contributed by atoms with Crippen molar-refractivity contribution in [2.75, 3.05) is 5.32 Å². The fraction of sp³-hybridized carbons (Fsp3) is 0.0714. The first-order valence-corrected chi connectivity index (χ1v) is 6.31. The van der Waals surface area contributed by atoms with Crippen LogP contribution in [0.2, 0.25) is 5.02 Å². The summed E-state index contributed by atoms with van der Waals surface area (Å²) in [6.07, 6.45) is 3.55. The molecule has 3 rings (SSSR count). The van der Waals surface area contributed by atoms with Crippen molar-refractivity contribution in [1.82, 2.24) is 9.38 Å². The van der Waals surface area contributed by atoms with E-state index in [-0.39, 0.29) is 0 Å². The van der Waals surface area contributed by atoms with E-state index in [0.717, 1.165) is 17.4 Å². The standard InChI is InChI=1S/C14H10ClF2N3/c15-9-1-2-14-19-13(8-20(14)7-9)6-18-12-4-10(16)3-11(17)5-12/h1-5,7-8,18H,6H2. The quantitative estimate of drug-likeness (QED) is 0.794. The predicted octanol–water partition coefficient (Wildman–Crippen LogP) is 3.88. The lowest BCUT2D eigenvalue weighted by Crippen LogP contribution is -2.00. The van der Waals surface area contributed by atoms with Crippen LogP contribution in [0.25, 0.3) is 5.65 Å². The molecule has 0 saturated carbocycles. The number of anilines is 1. The largest absolute Gasteiger partial charge is 0.379 e. The third-order valence-corrected chi connectivity index (χ3v) is 3.02. The van der Waals surface area contributed by atoms with Crippen LogP contribution < -0.4 is 5.32 Å². The van der Waals surface area contributed by atoms with Gasteiger partial charge in [-0.25, -0.2) is 13.8 Å². The molecule has 2 heterocycles. The van der Waals surface area contributed by atoms with Crippen LogP contribution in [0.15, 0.2) is 42.7 Å². The lowest BCUT2D eigenvalue weighted by Gasteiger charge is -2.04. The maximum absolute atomic E-state index is 13.1. The predicted molar refractivity (Wildman–Crippen MR) is 73.9 cm³/mol. The molecule has 0 atom stereocenters. The normalized spacial score (nSPS) is 10.9. The number of rotatable bonds is 3. The average molecular weight is 294 g/mol. The smallest absolute Gasteiger partial charge is 0.137 e. The average Bonchev–Trinajstić information content (AvgIpc) is 2.77. The molecule has 1 N–H and O–H groups in total. The third kappa shape index (κ3) is 2.72. The summed E-state index contributed by atoms with van der Waals surface area (Å²) >= 11 is 5.89. The molecule has 0 amide bonds. The molecule has 0 unspecified atom stereocenters. The van der Waals surface area contributed by atoms with Crippen molar-refractivity contribution >= 4 is 22.9 Å². The van der Waals surface area contributed by atoms with E-state index in [9.17, 15) is 8.78 Å². The molecule has 1 aromatic carbocycles. The Morgan fingerprint density at radius 3 is 2.60 bits per heavy atom. The second kappa shape index (κ2) is 5.09. The fourth-order valence-corrected chi connectivity index (χ4v) is 2.12. The summed E-state index contributed by atoms with van der Waals surface area (Å²) in [5, 5.41) is 3.54. The van der Waals surface area contributed by atoms with Crippen LogP contribution in [0.3, 0.4) is 0 Å². The lowest BCUT2D eigenvalue weighted by molar-refractivity contribution is 0.584. The van der Waals surface area contributed by atoms with Crippen LogP contribution in [0, 0.1) is 11.6 Å². The van der Waals surface area contributed by atoms with Gasteiger partial charge in [-0.1, -0.05) is 11.6 Å². The summed E-state index contributed by atoms with van der Waals surface area (Å²) < 4.78 is 27.9. The Morgan fingerprint density at radius 2 is 1.85 bits per heavy atom. The highest BCUT2D eigenvalue weighted by molar-refractivity contribution is 6.30. The number of imidazole rings is 1. The number of nitrogens with zero attached hydrogens (tertiary/aromatic N) is 2. The van der Waals surface area contributed by atoms with Gasteiger partial charge >= 0.3 is 0 Å². The van der Waals surface area contributed by atoms with E-state index in [0.29, 0.717) is 17.3 Å². The van der Waals surface area contributed by atoms with E-state index in [4.69, 9.17) is 11.6 Å². The van der Waals surface area contributed by atoms with Gasteiger partial charge in [0, 0.05) is 24.1 Å². The number of nitrogens with one attached hydrogen (secondary N) is 1. The Hall–Kier alpha value is -2.14. The van der Waals surface area contributed by atoms with E-state index < -0.39 is 11.6 Å². The minimum Gasteiger partial charge on any atom is -0.379 e. The highest BCUT2D eigenvalue weighted by Crippen LogP contribution is 2.15. The van der Waals surface area contributed by atoms with E-state index in [1.54, 1.807) is 22.7 Å². The van der Waals surface area contributed by atoms with Crippen molar-refractivity contribution in [1.29, 1.82) is 0 Å². The Bertz CT molecular complexity index is 750. The molecule has 0 aliphatic heterocycles. The molecule has 102 valence electrons. The number of fused-ring (bicyclic) bond motifs is 1.